The number of hydrogen-bond donors (Lipinski definition) is 1. The summed E-state index contributed by atoms with van der Waals surface area (Å²) < 4.78 is 18.6. The Morgan fingerprint density at radius 2 is 1.96 bits per heavy atom. The SMILES string of the molecule is O=C(CC1COCCN1)N1CCN(C(=O)c2cccc(F)c2)CC1. The Morgan fingerprint density at radius 3 is 2.62 bits per heavy atom. The van der Waals surface area contributed by atoms with E-state index in [4.69, 9.17) is 4.74 Å². The van der Waals surface area contributed by atoms with Crippen LogP contribution in [-0.4, -0.2) is 73.6 Å². The quantitative estimate of drug-likeness (QED) is 0.873. The largest absolute Gasteiger partial charge is 0.378 e. The zero-order valence-electron chi connectivity index (χ0n) is 13.5. The Labute approximate surface area is 140 Å². The van der Waals surface area contributed by atoms with Crippen LogP contribution in [0.1, 0.15) is 16.8 Å². The maximum Gasteiger partial charge on any atom is 0.254 e. The Balaban J connectivity index is 1.50. The van der Waals surface area contributed by atoms with Gasteiger partial charge in [0.25, 0.3) is 5.91 Å². The number of morpholine rings is 1. The van der Waals surface area contributed by atoms with Crippen molar-refractivity contribution in [3.05, 3.63) is 35.6 Å². The zero-order chi connectivity index (χ0) is 16.9. The van der Waals surface area contributed by atoms with E-state index in [1.165, 1.54) is 18.2 Å². The van der Waals surface area contributed by atoms with E-state index in [2.05, 4.69) is 5.32 Å². The summed E-state index contributed by atoms with van der Waals surface area (Å²) in [5.41, 5.74) is 0.346. The summed E-state index contributed by atoms with van der Waals surface area (Å²) in [5, 5.41) is 3.27. The maximum atomic E-state index is 13.2. The Hall–Kier alpha value is -1.99. The van der Waals surface area contributed by atoms with Gasteiger partial charge in [-0.2, -0.15) is 0 Å². The molecule has 1 aromatic rings. The van der Waals surface area contributed by atoms with Crippen molar-refractivity contribution < 1.29 is 18.7 Å². The van der Waals surface area contributed by atoms with Crippen LogP contribution in [0.4, 0.5) is 4.39 Å². The summed E-state index contributed by atoms with van der Waals surface area (Å²) in [6.45, 7) is 3.97. The molecule has 0 saturated carbocycles. The molecule has 2 aliphatic heterocycles. The molecule has 0 radical (unpaired) electrons. The van der Waals surface area contributed by atoms with Crippen molar-refractivity contribution in [2.45, 2.75) is 12.5 Å². The van der Waals surface area contributed by atoms with Gasteiger partial charge in [-0.05, 0) is 18.2 Å². The topological polar surface area (TPSA) is 61.9 Å². The van der Waals surface area contributed by atoms with Crippen molar-refractivity contribution in [2.75, 3.05) is 45.9 Å². The molecule has 0 aromatic heterocycles. The second-order valence-corrected chi connectivity index (χ2v) is 6.11. The van der Waals surface area contributed by atoms with Crippen molar-refractivity contribution in [3.63, 3.8) is 0 Å². The number of hydrogen-bond acceptors (Lipinski definition) is 4. The standard InChI is InChI=1S/C17H22FN3O3/c18-14-3-1-2-13(10-14)17(23)21-7-5-20(6-8-21)16(22)11-15-12-24-9-4-19-15/h1-3,10,15,19H,4-9,11-12H2. The fourth-order valence-electron chi connectivity index (χ4n) is 3.05. The van der Waals surface area contributed by atoms with Crippen LogP contribution in [0.25, 0.3) is 0 Å². The van der Waals surface area contributed by atoms with Crippen LogP contribution in [0.5, 0.6) is 0 Å². The molecule has 2 aliphatic rings. The van der Waals surface area contributed by atoms with E-state index in [1.807, 2.05) is 0 Å². The molecule has 0 aliphatic carbocycles. The number of nitrogens with one attached hydrogen (secondary N) is 1. The number of amides is 2. The number of rotatable bonds is 3. The van der Waals surface area contributed by atoms with Crippen LogP contribution >= 0.6 is 0 Å². The third-order valence-corrected chi connectivity index (χ3v) is 4.41. The van der Waals surface area contributed by atoms with Gasteiger partial charge in [-0.1, -0.05) is 6.07 Å². The molecule has 1 N–H and O–H groups in total. The summed E-state index contributed by atoms with van der Waals surface area (Å²) in [4.78, 5) is 28.2. The van der Waals surface area contributed by atoms with E-state index in [-0.39, 0.29) is 17.9 Å². The first-order valence-electron chi connectivity index (χ1n) is 8.27. The minimum atomic E-state index is -0.420. The Bertz CT molecular complexity index is 596. The van der Waals surface area contributed by atoms with Crippen molar-refractivity contribution in [3.8, 4) is 0 Å². The summed E-state index contributed by atoms with van der Waals surface area (Å²) in [6, 6.07) is 5.77. The lowest BCUT2D eigenvalue weighted by molar-refractivity contribution is -0.133. The van der Waals surface area contributed by atoms with Gasteiger partial charge in [0.2, 0.25) is 5.91 Å². The van der Waals surface area contributed by atoms with Gasteiger partial charge >= 0.3 is 0 Å². The average Bonchev–Trinajstić information content (AvgIpc) is 2.62. The number of ether oxygens (including phenoxy) is 1. The zero-order valence-corrected chi connectivity index (χ0v) is 13.5. The number of carbonyl (C=O) groups excluding carboxylic acids is 2. The van der Waals surface area contributed by atoms with Gasteiger partial charge in [-0.15, -0.1) is 0 Å². The van der Waals surface area contributed by atoms with Gasteiger partial charge in [0.15, 0.2) is 0 Å². The first kappa shape index (κ1) is 16.9. The van der Waals surface area contributed by atoms with Crippen molar-refractivity contribution in [1.29, 1.82) is 0 Å². The lowest BCUT2D eigenvalue weighted by atomic mass is 10.1. The smallest absolute Gasteiger partial charge is 0.254 e. The van der Waals surface area contributed by atoms with Crippen LogP contribution in [0.3, 0.4) is 0 Å². The van der Waals surface area contributed by atoms with E-state index in [0.29, 0.717) is 51.4 Å². The predicted molar refractivity (Wildman–Crippen MR) is 86.1 cm³/mol. The average molecular weight is 335 g/mol. The summed E-state index contributed by atoms with van der Waals surface area (Å²) in [6.07, 6.45) is 0.415. The summed E-state index contributed by atoms with van der Waals surface area (Å²) >= 11 is 0. The lowest BCUT2D eigenvalue weighted by Crippen LogP contribution is -2.52. The fourth-order valence-corrected chi connectivity index (χ4v) is 3.05. The number of nitrogens with zero attached hydrogens (tertiary/aromatic N) is 2. The number of piperazine rings is 1. The van der Waals surface area contributed by atoms with Crippen molar-refractivity contribution in [1.82, 2.24) is 15.1 Å². The highest BCUT2D eigenvalue weighted by atomic mass is 19.1. The van der Waals surface area contributed by atoms with Crippen LogP contribution in [0.15, 0.2) is 24.3 Å². The minimum absolute atomic E-state index is 0.0678. The third kappa shape index (κ3) is 4.10. The summed E-state index contributed by atoms with van der Waals surface area (Å²) in [7, 11) is 0. The lowest BCUT2D eigenvalue weighted by Gasteiger charge is -2.36. The van der Waals surface area contributed by atoms with Crippen LogP contribution in [-0.2, 0) is 9.53 Å². The third-order valence-electron chi connectivity index (χ3n) is 4.41. The fraction of sp³-hybridized carbons (Fsp3) is 0.529. The van der Waals surface area contributed by atoms with Crippen molar-refractivity contribution in [2.24, 2.45) is 0 Å². The van der Waals surface area contributed by atoms with Gasteiger partial charge in [-0.3, -0.25) is 9.59 Å². The second-order valence-electron chi connectivity index (χ2n) is 6.11. The number of halogens is 1. The van der Waals surface area contributed by atoms with E-state index < -0.39 is 5.82 Å². The molecule has 6 nitrogen and oxygen atoms in total. The van der Waals surface area contributed by atoms with Gasteiger partial charge in [0, 0.05) is 50.7 Å². The van der Waals surface area contributed by atoms with Gasteiger partial charge < -0.3 is 19.9 Å². The highest BCUT2D eigenvalue weighted by Gasteiger charge is 2.27. The van der Waals surface area contributed by atoms with Gasteiger partial charge in [0.05, 0.1) is 13.2 Å². The number of benzene rings is 1. The molecular weight excluding hydrogens is 313 g/mol. The Kier molecular flexibility index (Phi) is 5.42. The van der Waals surface area contributed by atoms with E-state index in [0.717, 1.165) is 6.54 Å². The normalized spacial score (nSPS) is 21.6. The first-order valence-corrected chi connectivity index (χ1v) is 8.27. The number of carbonyl (C=O) groups is 2. The minimum Gasteiger partial charge on any atom is -0.378 e. The molecule has 1 aromatic carbocycles. The van der Waals surface area contributed by atoms with E-state index >= 15 is 0 Å². The molecule has 0 spiro atoms. The van der Waals surface area contributed by atoms with Crippen LogP contribution < -0.4 is 5.32 Å². The second kappa shape index (κ2) is 7.72. The molecule has 0 bridgehead atoms. The van der Waals surface area contributed by atoms with Crippen LogP contribution in [0.2, 0.25) is 0 Å². The molecule has 1 atom stereocenters. The first-order chi connectivity index (χ1) is 11.6. The monoisotopic (exact) mass is 335 g/mol. The molecule has 2 saturated heterocycles. The maximum absolute atomic E-state index is 13.2. The molecule has 3 rings (SSSR count). The molecule has 130 valence electrons. The molecular formula is C17H22FN3O3. The van der Waals surface area contributed by atoms with Gasteiger partial charge in [-0.25, -0.2) is 4.39 Å². The Morgan fingerprint density at radius 1 is 1.21 bits per heavy atom. The molecule has 7 heteroatoms. The van der Waals surface area contributed by atoms with E-state index in [1.54, 1.807) is 15.9 Å². The molecule has 24 heavy (non-hydrogen) atoms. The predicted octanol–water partition coefficient (Wildman–Crippen LogP) is 0.489. The molecule has 2 amide bonds. The molecule has 2 fully saturated rings. The molecule has 2 heterocycles. The van der Waals surface area contributed by atoms with Crippen molar-refractivity contribution >= 4 is 11.8 Å². The summed E-state index contributed by atoms with van der Waals surface area (Å²) in [5.74, 6) is -0.531. The highest BCUT2D eigenvalue weighted by molar-refractivity contribution is 5.94. The van der Waals surface area contributed by atoms with Crippen LogP contribution in [0, 0.1) is 5.82 Å². The highest BCUT2D eigenvalue weighted by Crippen LogP contribution is 2.12. The van der Waals surface area contributed by atoms with E-state index in [9.17, 15) is 14.0 Å². The van der Waals surface area contributed by atoms with Gasteiger partial charge in [0.1, 0.15) is 5.82 Å². The molecule has 1 unspecified atom stereocenters.